The van der Waals surface area contributed by atoms with E-state index < -0.39 is 27.5 Å². The van der Waals surface area contributed by atoms with Crippen molar-refractivity contribution in [1.29, 1.82) is 0 Å². The molecule has 3 aromatic carbocycles. The summed E-state index contributed by atoms with van der Waals surface area (Å²) in [6, 6.07) is 23.2. The molecule has 0 saturated carbocycles. The Labute approximate surface area is 182 Å². The van der Waals surface area contributed by atoms with Crippen LogP contribution >= 0.6 is 0 Å². The number of rotatable bonds is 5. The van der Waals surface area contributed by atoms with Crippen LogP contribution in [0.2, 0.25) is 0 Å². The predicted molar refractivity (Wildman–Crippen MR) is 120 cm³/mol. The number of aliphatic hydroxyl groups is 1. The molecule has 1 amide bonds. The maximum absolute atomic E-state index is 13.5. The fourth-order valence-corrected chi connectivity index (χ4v) is 5.45. The fourth-order valence-electron chi connectivity index (χ4n) is 3.81. The number of carbonyl (C=O) groups excluding carboxylic acids is 1. The second kappa shape index (κ2) is 8.04. The second-order valence-corrected chi connectivity index (χ2v) is 9.68. The van der Waals surface area contributed by atoms with Gasteiger partial charge in [0, 0.05) is 5.69 Å². The minimum atomic E-state index is -4.11. The van der Waals surface area contributed by atoms with Crippen LogP contribution in [0.15, 0.2) is 100 Å². The average molecular weight is 434 g/mol. The number of anilines is 1. The third-order valence-electron chi connectivity index (χ3n) is 5.46. The first-order chi connectivity index (χ1) is 14.8. The van der Waals surface area contributed by atoms with E-state index >= 15 is 0 Å². The molecule has 1 heterocycles. The molecule has 0 saturated heterocycles. The van der Waals surface area contributed by atoms with Crippen molar-refractivity contribution < 1.29 is 18.3 Å². The third-order valence-corrected chi connectivity index (χ3v) is 7.35. The largest absolute Gasteiger partial charge is 0.502 e. The van der Waals surface area contributed by atoms with E-state index in [0.29, 0.717) is 17.2 Å². The highest BCUT2D eigenvalue weighted by molar-refractivity contribution is 7.95. The van der Waals surface area contributed by atoms with Crippen LogP contribution in [0.25, 0.3) is 0 Å². The summed E-state index contributed by atoms with van der Waals surface area (Å²) < 4.78 is 27.0. The zero-order chi connectivity index (χ0) is 22.2. The van der Waals surface area contributed by atoms with Crippen LogP contribution in [0.1, 0.15) is 36.9 Å². The monoisotopic (exact) mass is 433 g/mol. The SMILES string of the molecule is CC(C)c1ccc(N2C(=O)C(O)=C(S(=O)(=O)c3ccccc3)[C@@H]2c2ccccc2)cc1. The Bertz CT molecular complexity index is 1230. The molecular weight excluding hydrogens is 410 g/mol. The standard InChI is InChI=1S/C25H23NO4S/c1-17(2)18-13-15-20(16-14-18)26-22(19-9-5-3-6-10-19)24(23(27)25(26)28)31(29,30)21-11-7-4-8-12-21/h3-17,22,27H,1-2H3/t22-/m0/s1. The van der Waals surface area contributed by atoms with Gasteiger partial charge < -0.3 is 5.11 Å². The van der Waals surface area contributed by atoms with Crippen molar-refractivity contribution in [3.63, 3.8) is 0 Å². The number of benzene rings is 3. The number of hydrogen-bond donors (Lipinski definition) is 1. The molecule has 0 aliphatic carbocycles. The Hall–Kier alpha value is -3.38. The molecule has 5 nitrogen and oxygen atoms in total. The first kappa shape index (κ1) is 20.9. The smallest absolute Gasteiger partial charge is 0.295 e. The number of sulfone groups is 1. The van der Waals surface area contributed by atoms with Crippen LogP contribution in [0.3, 0.4) is 0 Å². The van der Waals surface area contributed by atoms with Gasteiger partial charge in [-0.2, -0.15) is 0 Å². The molecule has 31 heavy (non-hydrogen) atoms. The van der Waals surface area contributed by atoms with Gasteiger partial charge in [-0.05, 0) is 41.3 Å². The summed E-state index contributed by atoms with van der Waals surface area (Å²) in [4.78, 5) is 14.2. The van der Waals surface area contributed by atoms with Crippen molar-refractivity contribution in [2.45, 2.75) is 30.7 Å². The Morgan fingerprint density at radius 3 is 1.94 bits per heavy atom. The highest BCUT2D eigenvalue weighted by Crippen LogP contribution is 2.44. The van der Waals surface area contributed by atoms with E-state index in [9.17, 15) is 18.3 Å². The lowest BCUT2D eigenvalue weighted by Crippen LogP contribution is -2.31. The average Bonchev–Trinajstić information content (AvgIpc) is 3.06. The Kier molecular flexibility index (Phi) is 5.41. The lowest BCUT2D eigenvalue weighted by atomic mass is 10.0. The molecule has 1 N–H and O–H groups in total. The minimum Gasteiger partial charge on any atom is -0.502 e. The molecule has 158 valence electrons. The Morgan fingerprint density at radius 2 is 1.39 bits per heavy atom. The van der Waals surface area contributed by atoms with E-state index in [1.807, 2.05) is 18.2 Å². The lowest BCUT2D eigenvalue weighted by Gasteiger charge is -2.27. The summed E-state index contributed by atoms with van der Waals surface area (Å²) in [6.07, 6.45) is 0. The number of hydrogen-bond acceptors (Lipinski definition) is 4. The van der Waals surface area contributed by atoms with Crippen LogP contribution < -0.4 is 4.90 Å². The maximum Gasteiger partial charge on any atom is 0.295 e. The highest BCUT2D eigenvalue weighted by atomic mass is 32.2. The Morgan fingerprint density at radius 1 is 0.839 bits per heavy atom. The van der Waals surface area contributed by atoms with E-state index in [1.165, 1.54) is 17.0 Å². The molecule has 1 atom stereocenters. The van der Waals surface area contributed by atoms with Crippen molar-refractivity contribution in [2.75, 3.05) is 4.90 Å². The summed E-state index contributed by atoms with van der Waals surface area (Å²) in [7, 11) is -4.11. The third kappa shape index (κ3) is 3.64. The van der Waals surface area contributed by atoms with Gasteiger partial charge in [0.1, 0.15) is 10.9 Å². The van der Waals surface area contributed by atoms with Crippen LogP contribution in [0.5, 0.6) is 0 Å². The van der Waals surface area contributed by atoms with Crippen LogP contribution in [-0.2, 0) is 14.6 Å². The van der Waals surface area contributed by atoms with Gasteiger partial charge in [0.05, 0.1) is 4.90 Å². The summed E-state index contributed by atoms with van der Waals surface area (Å²) in [6.45, 7) is 4.14. The van der Waals surface area contributed by atoms with Crippen LogP contribution in [0.4, 0.5) is 5.69 Å². The highest BCUT2D eigenvalue weighted by Gasteiger charge is 2.47. The predicted octanol–water partition coefficient (Wildman–Crippen LogP) is 5.14. The van der Waals surface area contributed by atoms with Crippen molar-refractivity contribution >= 4 is 21.4 Å². The molecule has 1 aliphatic heterocycles. The molecular formula is C25H23NO4S. The number of carbonyl (C=O) groups is 1. The number of aliphatic hydroxyl groups excluding tert-OH is 1. The van der Waals surface area contributed by atoms with E-state index in [0.717, 1.165) is 5.56 Å². The van der Waals surface area contributed by atoms with Crippen molar-refractivity contribution in [3.05, 3.63) is 107 Å². The van der Waals surface area contributed by atoms with Gasteiger partial charge in [-0.15, -0.1) is 0 Å². The first-order valence-corrected chi connectivity index (χ1v) is 11.5. The molecule has 0 unspecified atom stereocenters. The summed E-state index contributed by atoms with van der Waals surface area (Å²) in [5.74, 6) is -1.17. The van der Waals surface area contributed by atoms with Crippen LogP contribution in [-0.4, -0.2) is 19.4 Å². The molecule has 0 bridgehead atoms. The summed E-state index contributed by atoms with van der Waals surface area (Å²) >= 11 is 0. The maximum atomic E-state index is 13.5. The lowest BCUT2D eigenvalue weighted by molar-refractivity contribution is -0.117. The molecule has 6 heteroatoms. The molecule has 3 aromatic rings. The molecule has 4 rings (SSSR count). The van der Waals surface area contributed by atoms with E-state index in [2.05, 4.69) is 13.8 Å². The molecule has 0 aromatic heterocycles. The topological polar surface area (TPSA) is 74.7 Å². The van der Waals surface area contributed by atoms with Gasteiger partial charge in [-0.1, -0.05) is 74.5 Å². The van der Waals surface area contributed by atoms with Crippen molar-refractivity contribution in [2.24, 2.45) is 0 Å². The zero-order valence-corrected chi connectivity index (χ0v) is 18.1. The molecule has 0 fully saturated rings. The summed E-state index contributed by atoms with van der Waals surface area (Å²) in [5, 5.41) is 10.8. The van der Waals surface area contributed by atoms with Gasteiger partial charge in [0.25, 0.3) is 5.91 Å². The van der Waals surface area contributed by atoms with E-state index in [1.54, 1.807) is 54.6 Å². The van der Waals surface area contributed by atoms with Gasteiger partial charge in [-0.3, -0.25) is 9.69 Å². The van der Waals surface area contributed by atoms with Gasteiger partial charge in [0.2, 0.25) is 9.84 Å². The fraction of sp³-hybridized carbons (Fsp3) is 0.160. The van der Waals surface area contributed by atoms with Crippen molar-refractivity contribution in [1.82, 2.24) is 0 Å². The number of amides is 1. The normalized spacial score (nSPS) is 16.9. The number of nitrogens with zero attached hydrogens (tertiary/aromatic N) is 1. The minimum absolute atomic E-state index is 0.0299. The molecule has 0 radical (unpaired) electrons. The zero-order valence-electron chi connectivity index (χ0n) is 17.3. The first-order valence-electron chi connectivity index (χ1n) is 10.0. The molecule has 0 spiro atoms. The van der Waals surface area contributed by atoms with Gasteiger partial charge in [0.15, 0.2) is 5.76 Å². The van der Waals surface area contributed by atoms with Gasteiger partial charge in [-0.25, -0.2) is 8.42 Å². The quantitative estimate of drug-likeness (QED) is 0.604. The molecule has 1 aliphatic rings. The van der Waals surface area contributed by atoms with Gasteiger partial charge >= 0.3 is 0 Å². The van der Waals surface area contributed by atoms with E-state index in [4.69, 9.17) is 0 Å². The second-order valence-electron chi connectivity index (χ2n) is 7.76. The van der Waals surface area contributed by atoms with Crippen LogP contribution in [0, 0.1) is 0 Å². The summed E-state index contributed by atoms with van der Waals surface area (Å²) in [5.41, 5.74) is 2.22. The Balaban J connectivity index is 1.90. The van der Waals surface area contributed by atoms with Crippen molar-refractivity contribution in [3.8, 4) is 0 Å². The van der Waals surface area contributed by atoms with E-state index in [-0.39, 0.29) is 9.80 Å².